The van der Waals surface area contributed by atoms with Crippen LogP contribution in [0.5, 0.6) is 5.88 Å². The third kappa shape index (κ3) is 6.02. The number of pyridine rings is 1. The van der Waals surface area contributed by atoms with Gasteiger partial charge in [0, 0.05) is 23.5 Å². The Morgan fingerprint density at radius 3 is 2.29 bits per heavy atom. The highest BCUT2D eigenvalue weighted by atomic mass is 32.2. The van der Waals surface area contributed by atoms with Gasteiger partial charge in [0.15, 0.2) is 0 Å². The third-order valence-electron chi connectivity index (χ3n) is 5.45. The molecule has 1 N–H and O–H groups in total. The Balaban J connectivity index is 1.67. The molecule has 0 aliphatic rings. The fourth-order valence-corrected chi connectivity index (χ4v) is 4.37. The normalized spacial score (nSPS) is 11.8. The summed E-state index contributed by atoms with van der Waals surface area (Å²) in [4.78, 5) is 13.2. The maximum Gasteiger partial charge on any atom is 0.263 e. The fourth-order valence-electron chi connectivity index (χ4n) is 3.36. The van der Waals surface area contributed by atoms with Crippen LogP contribution in [-0.2, 0) is 22.0 Å². The van der Waals surface area contributed by atoms with Gasteiger partial charge in [-0.1, -0.05) is 68.8 Å². The predicted octanol–water partition coefficient (Wildman–Crippen LogP) is 5.52. The summed E-state index contributed by atoms with van der Waals surface area (Å²) in [6, 6.07) is 18.3. The highest BCUT2D eigenvalue weighted by Crippen LogP contribution is 2.29. The molecular formula is C27H28N4O3S. The highest BCUT2D eigenvalue weighted by molar-refractivity contribution is 7.92. The van der Waals surface area contributed by atoms with Gasteiger partial charge >= 0.3 is 0 Å². The van der Waals surface area contributed by atoms with E-state index in [0.717, 1.165) is 16.7 Å². The van der Waals surface area contributed by atoms with Crippen LogP contribution in [0.25, 0.3) is 11.3 Å². The van der Waals surface area contributed by atoms with Gasteiger partial charge in [-0.15, -0.1) is 0 Å². The Kier molecular flexibility index (Phi) is 6.84. The lowest BCUT2D eigenvalue weighted by Crippen LogP contribution is -2.16. The van der Waals surface area contributed by atoms with Gasteiger partial charge in [-0.05, 0) is 36.1 Å². The summed E-state index contributed by atoms with van der Waals surface area (Å²) in [5.74, 6) is 0.103. The summed E-state index contributed by atoms with van der Waals surface area (Å²) in [6.45, 7) is 8.52. The smallest absolute Gasteiger partial charge is 0.263 e. The molecule has 2 heterocycles. The van der Waals surface area contributed by atoms with Gasteiger partial charge in [0.05, 0.1) is 16.8 Å². The van der Waals surface area contributed by atoms with Crippen molar-refractivity contribution in [1.29, 1.82) is 0 Å². The Hall–Kier alpha value is -3.78. The molecule has 2 aromatic heterocycles. The molecule has 7 nitrogen and oxygen atoms in total. The van der Waals surface area contributed by atoms with Crippen molar-refractivity contribution in [3.05, 3.63) is 95.9 Å². The molecule has 4 rings (SSSR count). The largest absolute Gasteiger partial charge is 0.470 e. The number of aromatic nitrogens is 3. The van der Waals surface area contributed by atoms with Crippen molar-refractivity contribution >= 4 is 15.8 Å². The van der Waals surface area contributed by atoms with E-state index in [4.69, 9.17) is 4.74 Å². The van der Waals surface area contributed by atoms with Crippen LogP contribution in [0, 0.1) is 6.92 Å². The molecule has 0 saturated heterocycles. The van der Waals surface area contributed by atoms with Gasteiger partial charge in [-0.3, -0.25) is 9.71 Å². The van der Waals surface area contributed by atoms with E-state index in [9.17, 15) is 8.42 Å². The van der Waals surface area contributed by atoms with Crippen LogP contribution in [-0.4, -0.2) is 23.4 Å². The molecule has 0 amide bonds. The second kappa shape index (κ2) is 9.84. The van der Waals surface area contributed by atoms with Gasteiger partial charge in [0.25, 0.3) is 15.9 Å². The number of benzene rings is 2. The lowest BCUT2D eigenvalue weighted by atomic mass is 9.86. The van der Waals surface area contributed by atoms with Crippen molar-refractivity contribution in [3.8, 4) is 17.1 Å². The number of sulfonamides is 1. The van der Waals surface area contributed by atoms with Crippen LogP contribution < -0.4 is 9.46 Å². The number of ether oxygens (including phenoxy) is 1. The molecule has 0 saturated carbocycles. The lowest BCUT2D eigenvalue weighted by molar-refractivity contribution is 0.294. The molecule has 0 unspecified atom stereocenters. The molecule has 0 aliphatic carbocycles. The molecule has 180 valence electrons. The average molecular weight is 489 g/mol. The van der Waals surface area contributed by atoms with Gasteiger partial charge in [0.1, 0.15) is 6.61 Å². The fraction of sp³-hybridized carbons (Fsp3) is 0.222. The number of hydrogen-bond donors (Lipinski definition) is 1. The van der Waals surface area contributed by atoms with E-state index in [1.165, 1.54) is 11.8 Å². The molecule has 0 spiro atoms. The molecule has 35 heavy (non-hydrogen) atoms. The molecule has 0 bridgehead atoms. The summed E-state index contributed by atoms with van der Waals surface area (Å²) in [5, 5.41) is 0. The first-order chi connectivity index (χ1) is 16.6. The molecule has 2 aromatic carbocycles. The van der Waals surface area contributed by atoms with E-state index >= 15 is 0 Å². The molecule has 0 aliphatic heterocycles. The summed E-state index contributed by atoms with van der Waals surface area (Å²) in [7, 11) is -3.88. The van der Waals surface area contributed by atoms with Crippen molar-refractivity contribution in [2.45, 2.75) is 44.6 Å². The van der Waals surface area contributed by atoms with E-state index in [2.05, 4.69) is 52.6 Å². The number of hydrogen-bond acceptors (Lipinski definition) is 6. The topological polar surface area (TPSA) is 94.1 Å². The third-order valence-corrected chi connectivity index (χ3v) is 6.80. The van der Waals surface area contributed by atoms with E-state index in [0.29, 0.717) is 5.69 Å². The Bertz CT molecular complexity index is 1400. The van der Waals surface area contributed by atoms with Gasteiger partial charge in [-0.25, -0.2) is 18.4 Å². The van der Waals surface area contributed by atoms with Crippen molar-refractivity contribution in [1.82, 2.24) is 15.0 Å². The summed E-state index contributed by atoms with van der Waals surface area (Å²) in [5.41, 5.74) is 4.44. The molecule has 0 fully saturated rings. The Morgan fingerprint density at radius 2 is 1.66 bits per heavy atom. The van der Waals surface area contributed by atoms with E-state index in [1.54, 1.807) is 42.7 Å². The number of nitrogens with one attached hydrogen (secondary N) is 1. The van der Waals surface area contributed by atoms with Crippen LogP contribution >= 0.6 is 0 Å². The van der Waals surface area contributed by atoms with Gasteiger partial charge < -0.3 is 4.74 Å². The average Bonchev–Trinajstić information content (AvgIpc) is 2.84. The number of nitrogens with zero attached hydrogens (tertiary/aromatic N) is 3. The summed E-state index contributed by atoms with van der Waals surface area (Å²) < 4.78 is 34.4. The van der Waals surface area contributed by atoms with Gasteiger partial charge in [0.2, 0.25) is 5.82 Å². The summed E-state index contributed by atoms with van der Waals surface area (Å²) in [6.07, 6.45) is 4.89. The minimum absolute atomic E-state index is 0.0181. The predicted molar refractivity (Wildman–Crippen MR) is 137 cm³/mol. The van der Waals surface area contributed by atoms with E-state index < -0.39 is 10.0 Å². The maximum absolute atomic E-state index is 13.0. The first-order valence-electron chi connectivity index (χ1n) is 11.2. The van der Waals surface area contributed by atoms with Gasteiger partial charge in [-0.2, -0.15) is 0 Å². The van der Waals surface area contributed by atoms with Crippen LogP contribution in [0.2, 0.25) is 0 Å². The lowest BCUT2D eigenvalue weighted by Gasteiger charge is -2.19. The number of anilines is 1. The first-order valence-corrected chi connectivity index (χ1v) is 12.7. The quantitative estimate of drug-likeness (QED) is 0.368. The molecule has 0 radical (unpaired) electrons. The van der Waals surface area contributed by atoms with Crippen molar-refractivity contribution in [3.63, 3.8) is 0 Å². The van der Waals surface area contributed by atoms with E-state index in [-0.39, 0.29) is 28.6 Å². The summed E-state index contributed by atoms with van der Waals surface area (Å²) >= 11 is 0. The Labute approximate surface area is 206 Å². The zero-order valence-corrected chi connectivity index (χ0v) is 21.0. The molecular weight excluding hydrogens is 460 g/mol. The van der Waals surface area contributed by atoms with Crippen LogP contribution in [0.15, 0.2) is 84.1 Å². The van der Waals surface area contributed by atoms with Crippen LogP contribution in [0.1, 0.15) is 37.5 Å². The second-order valence-electron chi connectivity index (χ2n) is 9.30. The monoisotopic (exact) mass is 488 g/mol. The van der Waals surface area contributed by atoms with Crippen LogP contribution in [0.3, 0.4) is 0 Å². The highest BCUT2D eigenvalue weighted by Gasteiger charge is 2.20. The number of aryl methyl sites for hydroxylation is 1. The molecule has 0 atom stereocenters. The van der Waals surface area contributed by atoms with Crippen molar-refractivity contribution in [2.75, 3.05) is 4.72 Å². The standard InChI is InChI=1S/C27H28N4O3S/c1-19-7-13-23(14-8-19)35(32,33)31-25-26(34-18-20-6-5-15-28-16-20)30-24(17-29-25)21-9-11-22(12-10-21)27(2,3)4/h5-17H,18H2,1-4H3,(H,29,31). The number of rotatable bonds is 7. The van der Waals surface area contributed by atoms with E-state index in [1.807, 2.05) is 25.1 Å². The molecule has 8 heteroatoms. The Morgan fingerprint density at radius 1 is 0.943 bits per heavy atom. The minimum Gasteiger partial charge on any atom is -0.470 e. The minimum atomic E-state index is -3.88. The first kappa shape index (κ1) is 24.3. The zero-order chi connectivity index (χ0) is 25.1. The van der Waals surface area contributed by atoms with Crippen LogP contribution in [0.4, 0.5) is 5.82 Å². The maximum atomic E-state index is 13.0. The van der Waals surface area contributed by atoms with Crippen molar-refractivity contribution < 1.29 is 13.2 Å². The van der Waals surface area contributed by atoms with Crippen molar-refractivity contribution in [2.24, 2.45) is 0 Å². The SMILES string of the molecule is Cc1ccc(S(=O)(=O)Nc2ncc(-c3ccc(C(C)(C)C)cc3)nc2OCc2cccnc2)cc1. The molecule has 4 aromatic rings. The zero-order valence-electron chi connectivity index (χ0n) is 20.2. The second-order valence-corrected chi connectivity index (χ2v) is 11.0.